The number of aliphatic hydroxyl groups excluding tert-OH is 1. The number of carbonyl (C=O) groups is 1. The Morgan fingerprint density at radius 3 is 2.77 bits per heavy atom. The minimum atomic E-state index is -0.355. The second-order valence-electron chi connectivity index (χ2n) is 4.94. The molecule has 0 bridgehead atoms. The maximum absolute atomic E-state index is 11.8. The normalized spacial score (nSPS) is 12.0. The van der Waals surface area contributed by atoms with Gasteiger partial charge in [-0.1, -0.05) is 30.7 Å². The van der Waals surface area contributed by atoms with Crippen LogP contribution in [0.5, 0.6) is 0 Å². The van der Waals surface area contributed by atoms with Crippen LogP contribution in [0, 0.1) is 0 Å². The maximum Gasteiger partial charge on any atom is 0.319 e. The van der Waals surface area contributed by atoms with Gasteiger partial charge in [-0.05, 0) is 24.1 Å². The van der Waals surface area contributed by atoms with Crippen molar-refractivity contribution in [1.29, 1.82) is 0 Å². The van der Waals surface area contributed by atoms with Crippen LogP contribution in [-0.2, 0) is 6.54 Å². The first-order chi connectivity index (χ1) is 10.6. The summed E-state index contributed by atoms with van der Waals surface area (Å²) < 4.78 is 1.72. The van der Waals surface area contributed by atoms with E-state index >= 15 is 0 Å². The van der Waals surface area contributed by atoms with Crippen molar-refractivity contribution < 1.29 is 9.90 Å². The van der Waals surface area contributed by atoms with E-state index in [1.165, 1.54) is 0 Å². The molecule has 0 aliphatic carbocycles. The van der Waals surface area contributed by atoms with Gasteiger partial charge in [-0.2, -0.15) is 5.10 Å². The molecule has 0 radical (unpaired) electrons. The lowest BCUT2D eigenvalue weighted by molar-refractivity contribution is 0.222. The highest BCUT2D eigenvalue weighted by atomic mass is 35.5. The Kier molecular flexibility index (Phi) is 5.80. The van der Waals surface area contributed by atoms with Gasteiger partial charge in [0.15, 0.2) is 0 Å². The first-order valence-electron chi connectivity index (χ1n) is 7.06. The molecule has 22 heavy (non-hydrogen) atoms. The van der Waals surface area contributed by atoms with Crippen molar-refractivity contribution in [3.05, 3.63) is 47.2 Å². The first-order valence-corrected chi connectivity index (χ1v) is 7.43. The van der Waals surface area contributed by atoms with E-state index < -0.39 is 0 Å². The van der Waals surface area contributed by atoms with Crippen LogP contribution in [0.15, 0.2) is 36.7 Å². The summed E-state index contributed by atoms with van der Waals surface area (Å²) in [4.78, 5) is 11.8. The Morgan fingerprint density at radius 2 is 2.14 bits per heavy atom. The van der Waals surface area contributed by atoms with Crippen LogP contribution in [0.2, 0.25) is 5.02 Å². The summed E-state index contributed by atoms with van der Waals surface area (Å²) in [5.74, 6) is 0. The third-order valence-electron chi connectivity index (χ3n) is 3.20. The zero-order valence-corrected chi connectivity index (χ0v) is 13.0. The molecular formula is C15H19ClN4O2. The van der Waals surface area contributed by atoms with Crippen molar-refractivity contribution >= 4 is 23.3 Å². The Labute approximate surface area is 134 Å². The minimum absolute atomic E-state index is 0.0836. The topological polar surface area (TPSA) is 79.2 Å². The number of carbonyl (C=O) groups excluding carboxylic acids is 1. The minimum Gasteiger partial charge on any atom is -0.394 e. The number of nitrogens with zero attached hydrogens (tertiary/aromatic N) is 2. The number of aromatic nitrogens is 2. The molecule has 2 amide bonds. The van der Waals surface area contributed by atoms with E-state index in [-0.39, 0.29) is 18.7 Å². The fourth-order valence-corrected chi connectivity index (χ4v) is 2.05. The molecule has 0 saturated carbocycles. The Morgan fingerprint density at radius 1 is 1.41 bits per heavy atom. The average Bonchev–Trinajstić information content (AvgIpc) is 2.94. The molecule has 1 heterocycles. The summed E-state index contributed by atoms with van der Waals surface area (Å²) in [7, 11) is 0. The highest BCUT2D eigenvalue weighted by molar-refractivity contribution is 6.30. The van der Waals surface area contributed by atoms with E-state index in [0.717, 1.165) is 5.56 Å². The number of hydrogen-bond acceptors (Lipinski definition) is 3. The number of benzene rings is 1. The number of anilines is 1. The lowest BCUT2D eigenvalue weighted by Crippen LogP contribution is -2.39. The molecule has 1 aromatic heterocycles. The lowest BCUT2D eigenvalue weighted by atomic mass is 10.2. The summed E-state index contributed by atoms with van der Waals surface area (Å²) in [5.41, 5.74) is 1.66. The molecule has 7 heteroatoms. The molecule has 1 atom stereocenters. The fraction of sp³-hybridized carbons (Fsp3) is 0.333. The van der Waals surface area contributed by atoms with Crippen LogP contribution in [-0.4, -0.2) is 33.6 Å². The van der Waals surface area contributed by atoms with Gasteiger partial charge in [0.1, 0.15) is 0 Å². The molecule has 118 valence electrons. The highest BCUT2D eigenvalue weighted by Crippen LogP contribution is 2.12. The van der Waals surface area contributed by atoms with E-state index in [1.54, 1.807) is 17.1 Å². The van der Waals surface area contributed by atoms with Gasteiger partial charge in [-0.15, -0.1) is 0 Å². The number of urea groups is 1. The summed E-state index contributed by atoms with van der Waals surface area (Å²) in [6.07, 6.45) is 3.99. The molecule has 1 unspecified atom stereocenters. The molecule has 0 fully saturated rings. The smallest absolute Gasteiger partial charge is 0.319 e. The molecular weight excluding hydrogens is 304 g/mol. The van der Waals surface area contributed by atoms with E-state index in [9.17, 15) is 4.79 Å². The van der Waals surface area contributed by atoms with E-state index in [2.05, 4.69) is 15.7 Å². The molecule has 3 N–H and O–H groups in total. The summed E-state index contributed by atoms with van der Waals surface area (Å²) in [5, 5.41) is 19.3. The number of amides is 2. The SMILES string of the molecule is CCC(CO)NC(=O)Nc1cnn(Cc2ccc(Cl)cc2)c1. The van der Waals surface area contributed by atoms with Gasteiger partial charge in [0.25, 0.3) is 0 Å². The Bertz CT molecular complexity index is 608. The van der Waals surface area contributed by atoms with Crippen molar-refractivity contribution in [3.8, 4) is 0 Å². The van der Waals surface area contributed by atoms with Crippen LogP contribution < -0.4 is 10.6 Å². The quantitative estimate of drug-likeness (QED) is 0.764. The van der Waals surface area contributed by atoms with Gasteiger partial charge >= 0.3 is 6.03 Å². The van der Waals surface area contributed by atoms with Crippen LogP contribution in [0.3, 0.4) is 0 Å². The standard InChI is InChI=1S/C15H19ClN4O2/c1-2-13(10-21)18-15(22)19-14-7-17-20(9-14)8-11-3-5-12(16)6-4-11/h3-7,9,13,21H,2,8,10H2,1H3,(H2,18,19,22). The molecule has 1 aromatic carbocycles. The van der Waals surface area contributed by atoms with Crippen LogP contribution >= 0.6 is 11.6 Å². The van der Waals surface area contributed by atoms with Crippen molar-refractivity contribution in [2.45, 2.75) is 25.9 Å². The second kappa shape index (κ2) is 7.82. The number of hydrogen-bond donors (Lipinski definition) is 3. The molecule has 2 rings (SSSR count). The van der Waals surface area contributed by atoms with Gasteiger partial charge in [-0.3, -0.25) is 4.68 Å². The van der Waals surface area contributed by atoms with Crippen molar-refractivity contribution in [2.75, 3.05) is 11.9 Å². The van der Waals surface area contributed by atoms with Gasteiger partial charge in [-0.25, -0.2) is 4.79 Å². The summed E-state index contributed by atoms with van der Waals surface area (Å²) in [6, 6.07) is 6.91. The van der Waals surface area contributed by atoms with Gasteiger partial charge in [0.2, 0.25) is 0 Å². The van der Waals surface area contributed by atoms with Gasteiger partial charge < -0.3 is 15.7 Å². The third kappa shape index (κ3) is 4.75. The maximum atomic E-state index is 11.8. The van der Waals surface area contributed by atoms with Crippen molar-refractivity contribution in [1.82, 2.24) is 15.1 Å². The summed E-state index contributed by atoms with van der Waals surface area (Å²) >= 11 is 5.85. The first kappa shape index (κ1) is 16.3. The van der Waals surface area contributed by atoms with E-state index in [0.29, 0.717) is 23.7 Å². The largest absolute Gasteiger partial charge is 0.394 e. The highest BCUT2D eigenvalue weighted by Gasteiger charge is 2.10. The summed E-state index contributed by atoms with van der Waals surface area (Å²) in [6.45, 7) is 2.40. The predicted octanol–water partition coefficient (Wildman–Crippen LogP) is 2.48. The Balaban J connectivity index is 1.91. The van der Waals surface area contributed by atoms with Crippen LogP contribution in [0.4, 0.5) is 10.5 Å². The molecule has 6 nitrogen and oxygen atoms in total. The second-order valence-corrected chi connectivity index (χ2v) is 5.38. The van der Waals surface area contributed by atoms with E-state index in [4.69, 9.17) is 16.7 Å². The van der Waals surface area contributed by atoms with E-state index in [1.807, 2.05) is 31.2 Å². The number of halogens is 1. The number of nitrogens with one attached hydrogen (secondary N) is 2. The van der Waals surface area contributed by atoms with Crippen LogP contribution in [0.25, 0.3) is 0 Å². The van der Waals surface area contributed by atoms with Gasteiger partial charge in [0, 0.05) is 11.2 Å². The zero-order valence-electron chi connectivity index (χ0n) is 12.3. The fourth-order valence-electron chi connectivity index (χ4n) is 1.92. The monoisotopic (exact) mass is 322 g/mol. The van der Waals surface area contributed by atoms with Crippen LogP contribution in [0.1, 0.15) is 18.9 Å². The predicted molar refractivity (Wildman–Crippen MR) is 86.1 cm³/mol. The molecule has 0 aliphatic rings. The molecule has 0 aliphatic heterocycles. The molecule has 2 aromatic rings. The van der Waals surface area contributed by atoms with Crippen molar-refractivity contribution in [2.24, 2.45) is 0 Å². The zero-order chi connectivity index (χ0) is 15.9. The lowest BCUT2D eigenvalue weighted by Gasteiger charge is -2.13. The van der Waals surface area contributed by atoms with Crippen molar-refractivity contribution in [3.63, 3.8) is 0 Å². The number of aliphatic hydroxyl groups is 1. The molecule has 0 saturated heterocycles. The Hall–Kier alpha value is -2.05. The third-order valence-corrected chi connectivity index (χ3v) is 3.45. The van der Waals surface area contributed by atoms with Gasteiger partial charge in [0.05, 0.1) is 31.1 Å². The average molecular weight is 323 g/mol. The number of rotatable bonds is 6. The molecule has 0 spiro atoms.